The van der Waals surface area contributed by atoms with Gasteiger partial charge in [0.15, 0.2) is 0 Å². The Kier molecular flexibility index (Phi) is 5.61. The molecule has 0 heterocycles. The molecule has 2 unspecified atom stereocenters. The summed E-state index contributed by atoms with van der Waals surface area (Å²) in [6, 6.07) is 15.2. The van der Waals surface area contributed by atoms with Crippen LogP contribution in [0.25, 0.3) is 12.2 Å². The molecule has 4 aliphatic rings. The predicted octanol–water partition coefficient (Wildman–Crippen LogP) is 9.23. The predicted molar refractivity (Wildman–Crippen MR) is 144 cm³/mol. The Morgan fingerprint density at radius 3 is 1.58 bits per heavy atom. The van der Waals surface area contributed by atoms with Gasteiger partial charge in [0.1, 0.15) is 0 Å². The van der Waals surface area contributed by atoms with E-state index in [1.165, 1.54) is 71.5 Å². The van der Waals surface area contributed by atoms with Crippen molar-refractivity contribution in [3.63, 3.8) is 0 Å². The average molecular weight is 660 g/mol. The summed E-state index contributed by atoms with van der Waals surface area (Å²) in [5, 5.41) is 0. The third-order valence-electron chi connectivity index (χ3n) is 8.58. The molecule has 172 valence electrons. The van der Waals surface area contributed by atoms with E-state index in [1.54, 1.807) is 11.1 Å². The first-order chi connectivity index (χ1) is 15.8. The fourth-order valence-corrected chi connectivity index (χ4v) is 58.6. The van der Waals surface area contributed by atoms with E-state index in [0.29, 0.717) is 0 Å². The van der Waals surface area contributed by atoms with Gasteiger partial charge in [0, 0.05) is 0 Å². The van der Waals surface area contributed by atoms with Gasteiger partial charge in [-0.2, -0.15) is 0 Å². The van der Waals surface area contributed by atoms with Crippen LogP contribution in [0, 0.1) is 0 Å². The number of fused-ring (bicyclic) bond motifs is 2. The first-order valence-corrected chi connectivity index (χ1v) is 33.5. The van der Waals surface area contributed by atoms with Crippen LogP contribution < -0.4 is 0 Å². The fourth-order valence-electron chi connectivity index (χ4n) is 6.94. The topological polar surface area (TPSA) is 0 Å². The van der Waals surface area contributed by atoms with E-state index in [2.05, 4.69) is 69.3 Å². The molecule has 2 fully saturated rings. The molecule has 0 nitrogen and oxygen atoms in total. The second-order valence-electron chi connectivity index (χ2n) is 11.1. The standard InChI is InChI=1S/2C13H13.C3H8Si.2ClH.Hf/c2*1-9-7-11-3-2-4-12(10-5-6-10)13(11)8-9;1-2-3-4;;;/h2*2-4,7-8,10H,5-6H2,1H3;4H,2-3H2,1H3;2*1H;/q;;;;;+2/p-2. The van der Waals surface area contributed by atoms with Crippen molar-refractivity contribution in [2.24, 2.45) is 0 Å². The fraction of sp³-hybridized carbons (Fsp3) is 0.448. The van der Waals surface area contributed by atoms with Gasteiger partial charge in [-0.15, -0.1) is 0 Å². The van der Waals surface area contributed by atoms with Crippen molar-refractivity contribution in [3.05, 3.63) is 80.9 Å². The summed E-state index contributed by atoms with van der Waals surface area (Å²) in [7, 11) is 16.5. The molecule has 4 heteroatoms. The van der Waals surface area contributed by atoms with E-state index in [1.807, 2.05) is 0 Å². The number of hydrogen-bond acceptors (Lipinski definition) is 0. The van der Waals surface area contributed by atoms with Crippen LogP contribution in [-0.2, 0) is 14.8 Å². The van der Waals surface area contributed by atoms with Crippen molar-refractivity contribution < 1.29 is 14.8 Å². The molecule has 33 heavy (non-hydrogen) atoms. The normalized spacial score (nSPS) is 24.3. The van der Waals surface area contributed by atoms with Crippen LogP contribution in [0.1, 0.15) is 105 Å². The summed E-state index contributed by atoms with van der Waals surface area (Å²) in [5.74, 6) is 1.49. The molecule has 0 bridgehead atoms. The Morgan fingerprint density at radius 2 is 1.18 bits per heavy atom. The van der Waals surface area contributed by atoms with E-state index in [-0.39, 0.29) is 13.6 Å². The Bertz CT molecular complexity index is 1200. The zero-order valence-electron chi connectivity index (χ0n) is 20.0. The molecule has 2 atom stereocenters. The van der Waals surface area contributed by atoms with Gasteiger partial charge in [0.25, 0.3) is 0 Å². The maximum atomic E-state index is 8.27. The minimum absolute atomic E-state index is 0.0216. The Balaban J connectivity index is 1.57. The summed E-state index contributed by atoms with van der Waals surface area (Å²) in [6.07, 6.45) is 11.4. The van der Waals surface area contributed by atoms with Crippen LogP contribution in [0.4, 0.5) is 0 Å². The summed E-state index contributed by atoms with van der Waals surface area (Å²) in [4.78, 5) is 0. The molecule has 0 aliphatic heterocycles. The molecule has 0 aromatic heterocycles. The molecule has 2 aromatic rings. The molecule has 2 saturated carbocycles. The molecule has 0 N–H and O–H groups in total. The maximum absolute atomic E-state index is 8.27. The van der Waals surface area contributed by atoms with Gasteiger partial charge in [0.05, 0.1) is 0 Å². The van der Waals surface area contributed by atoms with Gasteiger partial charge in [-0.3, -0.25) is 0 Å². The van der Waals surface area contributed by atoms with Crippen molar-refractivity contribution in [2.45, 2.75) is 78.1 Å². The van der Waals surface area contributed by atoms with Gasteiger partial charge in [-0.05, 0) is 0 Å². The van der Waals surface area contributed by atoms with Crippen molar-refractivity contribution in [1.29, 1.82) is 0 Å². The molecule has 4 aliphatic carbocycles. The number of benzene rings is 2. The van der Waals surface area contributed by atoms with Crippen molar-refractivity contribution in [3.8, 4) is 0 Å². The summed E-state index contributed by atoms with van der Waals surface area (Å²) in [6.45, 7) is 6.94. The van der Waals surface area contributed by atoms with Gasteiger partial charge in [-0.1, -0.05) is 0 Å². The van der Waals surface area contributed by atoms with Gasteiger partial charge in [-0.25, -0.2) is 0 Å². The SMILES string of the molecule is CCC[SiH]=[Hf]([Cl])([Cl])([CH]1C(C)=Cc2c(C3CC3)cccc21)[CH]1C(C)=Cc2c(C3CC3)cccc21. The molecule has 6 rings (SSSR count). The van der Waals surface area contributed by atoms with Crippen LogP contribution in [0.2, 0.25) is 6.04 Å². The second kappa shape index (κ2) is 8.05. The minimum atomic E-state index is -4.57. The number of rotatable bonds is 6. The molecular weight excluding hydrogens is 626 g/mol. The summed E-state index contributed by atoms with van der Waals surface area (Å²) in [5.41, 5.74) is 11.8. The van der Waals surface area contributed by atoms with E-state index < -0.39 is 14.8 Å². The summed E-state index contributed by atoms with van der Waals surface area (Å²) >= 11 is -4.57. The van der Waals surface area contributed by atoms with Crippen molar-refractivity contribution in [2.75, 3.05) is 0 Å². The van der Waals surface area contributed by atoms with Gasteiger partial charge in [0.2, 0.25) is 0 Å². The van der Waals surface area contributed by atoms with E-state index >= 15 is 0 Å². The van der Waals surface area contributed by atoms with Gasteiger partial charge >= 0.3 is 209 Å². The third-order valence-corrected chi connectivity index (χ3v) is 55.4. The number of hydrogen-bond donors (Lipinski definition) is 0. The Labute approximate surface area is 207 Å². The monoisotopic (exact) mass is 660 g/mol. The molecular formula is C29H34Cl2HfSi. The third kappa shape index (κ3) is 3.60. The van der Waals surface area contributed by atoms with Crippen molar-refractivity contribution >= 4 is 35.5 Å². The summed E-state index contributed by atoms with van der Waals surface area (Å²) < 4.78 is 0.508. The van der Waals surface area contributed by atoms with Crippen LogP contribution in [0.3, 0.4) is 0 Å². The van der Waals surface area contributed by atoms with E-state index in [4.69, 9.17) is 17.2 Å². The first-order valence-electron chi connectivity index (χ1n) is 12.9. The Hall–Kier alpha value is -0.413. The Morgan fingerprint density at radius 1 is 0.758 bits per heavy atom. The average Bonchev–Trinajstić information content (AvgIpc) is 3.70. The molecule has 0 amide bonds. The molecule has 0 spiro atoms. The quantitative estimate of drug-likeness (QED) is 0.271. The molecule has 0 saturated heterocycles. The molecule has 0 radical (unpaired) electrons. The van der Waals surface area contributed by atoms with Crippen LogP contribution >= 0.6 is 17.2 Å². The zero-order chi connectivity index (χ0) is 23.0. The van der Waals surface area contributed by atoms with E-state index in [9.17, 15) is 0 Å². The van der Waals surface area contributed by atoms with E-state index in [0.717, 1.165) is 11.8 Å². The van der Waals surface area contributed by atoms with Crippen LogP contribution in [0.15, 0.2) is 47.5 Å². The number of halogens is 2. The zero-order valence-corrected chi connectivity index (χ0v) is 26.3. The first kappa shape index (κ1) is 23.0. The second-order valence-corrected chi connectivity index (χ2v) is 61.0. The number of allylic oxidation sites excluding steroid dienone is 2. The van der Waals surface area contributed by atoms with Crippen molar-refractivity contribution in [1.82, 2.24) is 0 Å². The van der Waals surface area contributed by atoms with Gasteiger partial charge < -0.3 is 0 Å². The van der Waals surface area contributed by atoms with Crippen LogP contribution in [-0.4, -0.2) is 6.22 Å². The molecule has 2 aromatic carbocycles. The van der Waals surface area contributed by atoms with Crippen LogP contribution in [0.5, 0.6) is 0 Å².